The standard InChI is InChI=1S/C11H16N2O2.CH2O3/c1-2-7-13-10(14)8-5-3-4-6-9(8)12-11(13)15;2-1(3)4/h2-7H2,1H3,(H,12,15);(H2,2,3,4). The van der Waals surface area contributed by atoms with E-state index >= 15 is 0 Å². The summed E-state index contributed by atoms with van der Waals surface area (Å²) in [5.74, 6) is 0. The Labute approximate surface area is 109 Å². The average molecular weight is 270 g/mol. The van der Waals surface area contributed by atoms with E-state index in [1.807, 2.05) is 6.92 Å². The second-order valence-electron chi connectivity index (χ2n) is 4.33. The van der Waals surface area contributed by atoms with E-state index in [0.717, 1.165) is 43.4 Å². The monoisotopic (exact) mass is 270 g/mol. The minimum atomic E-state index is -1.83. The van der Waals surface area contributed by atoms with Crippen molar-refractivity contribution >= 4 is 6.16 Å². The highest BCUT2D eigenvalue weighted by Crippen LogP contribution is 2.14. The van der Waals surface area contributed by atoms with Gasteiger partial charge in [-0.2, -0.15) is 0 Å². The molecule has 3 N–H and O–H groups in total. The summed E-state index contributed by atoms with van der Waals surface area (Å²) in [6.07, 6.45) is 2.75. The molecule has 0 fully saturated rings. The lowest BCUT2D eigenvalue weighted by atomic mass is 9.97. The van der Waals surface area contributed by atoms with Gasteiger partial charge in [0.05, 0.1) is 0 Å². The van der Waals surface area contributed by atoms with E-state index in [2.05, 4.69) is 4.98 Å². The average Bonchev–Trinajstić information content (AvgIpc) is 2.34. The number of hydrogen-bond acceptors (Lipinski definition) is 3. The molecule has 0 bridgehead atoms. The predicted molar refractivity (Wildman–Crippen MR) is 68.9 cm³/mol. The molecular weight excluding hydrogens is 252 g/mol. The van der Waals surface area contributed by atoms with Crippen molar-refractivity contribution in [2.24, 2.45) is 0 Å². The highest BCUT2D eigenvalue weighted by atomic mass is 16.6. The van der Waals surface area contributed by atoms with Gasteiger partial charge >= 0.3 is 11.8 Å². The number of carbonyl (C=O) groups is 1. The normalized spacial score (nSPS) is 13.1. The Balaban J connectivity index is 0.000000399. The summed E-state index contributed by atoms with van der Waals surface area (Å²) in [7, 11) is 0. The third-order valence-electron chi connectivity index (χ3n) is 2.92. The maximum absolute atomic E-state index is 12.0. The first-order valence-electron chi connectivity index (χ1n) is 6.24. The van der Waals surface area contributed by atoms with E-state index in [9.17, 15) is 9.59 Å². The van der Waals surface area contributed by atoms with E-state index in [4.69, 9.17) is 15.0 Å². The number of aryl methyl sites for hydroxylation is 1. The van der Waals surface area contributed by atoms with Crippen LogP contribution in [0.2, 0.25) is 0 Å². The molecule has 7 heteroatoms. The number of rotatable bonds is 2. The lowest BCUT2D eigenvalue weighted by Crippen LogP contribution is -2.39. The van der Waals surface area contributed by atoms with Gasteiger partial charge in [-0.25, -0.2) is 9.59 Å². The number of hydrogen-bond donors (Lipinski definition) is 3. The van der Waals surface area contributed by atoms with Crippen LogP contribution in [-0.2, 0) is 19.4 Å². The number of fused-ring (bicyclic) bond motifs is 1. The van der Waals surface area contributed by atoms with Gasteiger partial charge < -0.3 is 15.2 Å². The summed E-state index contributed by atoms with van der Waals surface area (Å²) in [5, 5.41) is 13.9. The van der Waals surface area contributed by atoms with Crippen molar-refractivity contribution in [3.05, 3.63) is 32.1 Å². The zero-order valence-corrected chi connectivity index (χ0v) is 10.8. The van der Waals surface area contributed by atoms with Crippen LogP contribution >= 0.6 is 0 Å². The minimum Gasteiger partial charge on any atom is -0.450 e. The molecule has 0 aromatic carbocycles. The number of nitrogens with zero attached hydrogens (tertiary/aromatic N) is 1. The molecule has 0 radical (unpaired) electrons. The molecule has 0 unspecified atom stereocenters. The molecule has 2 rings (SSSR count). The van der Waals surface area contributed by atoms with Gasteiger partial charge in [0.2, 0.25) is 0 Å². The van der Waals surface area contributed by atoms with Gasteiger partial charge in [-0.3, -0.25) is 9.36 Å². The van der Waals surface area contributed by atoms with Crippen molar-refractivity contribution in [1.82, 2.24) is 9.55 Å². The number of nitrogens with one attached hydrogen (secondary N) is 1. The fourth-order valence-corrected chi connectivity index (χ4v) is 2.16. The Morgan fingerprint density at radius 1 is 1.26 bits per heavy atom. The molecule has 106 valence electrons. The van der Waals surface area contributed by atoms with Crippen molar-refractivity contribution in [3.8, 4) is 0 Å². The van der Waals surface area contributed by atoms with Gasteiger partial charge in [-0.15, -0.1) is 0 Å². The molecule has 1 aliphatic carbocycles. The van der Waals surface area contributed by atoms with Crippen molar-refractivity contribution in [2.45, 2.75) is 45.6 Å². The van der Waals surface area contributed by atoms with E-state index in [1.165, 1.54) is 4.57 Å². The summed E-state index contributed by atoms with van der Waals surface area (Å²) in [4.78, 5) is 35.0. The van der Waals surface area contributed by atoms with Crippen LogP contribution in [0.25, 0.3) is 0 Å². The number of H-pyrrole nitrogens is 1. The van der Waals surface area contributed by atoms with Crippen LogP contribution in [0.15, 0.2) is 9.59 Å². The van der Waals surface area contributed by atoms with Crippen molar-refractivity contribution in [3.63, 3.8) is 0 Å². The zero-order chi connectivity index (χ0) is 14.4. The Hall–Kier alpha value is -2.05. The summed E-state index contributed by atoms with van der Waals surface area (Å²) in [5.41, 5.74) is 1.37. The first kappa shape index (κ1) is 15.0. The van der Waals surface area contributed by atoms with Crippen LogP contribution in [0, 0.1) is 0 Å². The summed E-state index contributed by atoms with van der Waals surface area (Å²) in [6.45, 7) is 2.48. The fraction of sp³-hybridized carbons (Fsp3) is 0.583. The van der Waals surface area contributed by atoms with Crippen LogP contribution < -0.4 is 11.2 Å². The van der Waals surface area contributed by atoms with E-state index in [-0.39, 0.29) is 11.2 Å². The molecule has 1 aromatic rings. The molecule has 0 saturated carbocycles. The van der Waals surface area contributed by atoms with Gasteiger partial charge in [-0.1, -0.05) is 6.92 Å². The quantitative estimate of drug-likeness (QED) is 0.743. The van der Waals surface area contributed by atoms with Crippen LogP contribution in [0.3, 0.4) is 0 Å². The SMILES string of the molecule is CCCn1c(=O)[nH]c2c(c1=O)CCCC2.O=C(O)O. The third-order valence-corrected chi connectivity index (χ3v) is 2.92. The number of aromatic amines is 1. The molecule has 0 spiro atoms. The van der Waals surface area contributed by atoms with Gasteiger partial charge in [0.1, 0.15) is 0 Å². The topological polar surface area (TPSA) is 112 Å². The Kier molecular flexibility index (Phi) is 5.35. The predicted octanol–water partition coefficient (Wildman–Crippen LogP) is 1.05. The van der Waals surface area contributed by atoms with E-state index < -0.39 is 6.16 Å². The van der Waals surface area contributed by atoms with Crippen LogP contribution in [0.1, 0.15) is 37.4 Å². The minimum absolute atomic E-state index is 0.0738. The summed E-state index contributed by atoms with van der Waals surface area (Å²) in [6, 6.07) is 0. The van der Waals surface area contributed by atoms with Crippen molar-refractivity contribution in [1.29, 1.82) is 0 Å². The number of aromatic nitrogens is 2. The molecular formula is C12H18N2O5. The molecule has 0 amide bonds. The first-order chi connectivity index (χ1) is 8.97. The summed E-state index contributed by atoms with van der Waals surface area (Å²) < 4.78 is 1.32. The fourth-order valence-electron chi connectivity index (χ4n) is 2.16. The van der Waals surface area contributed by atoms with Gasteiger partial charge in [-0.05, 0) is 32.1 Å². The van der Waals surface area contributed by atoms with Crippen molar-refractivity contribution < 1.29 is 15.0 Å². The molecule has 0 saturated heterocycles. The van der Waals surface area contributed by atoms with E-state index in [0.29, 0.717) is 6.54 Å². The van der Waals surface area contributed by atoms with Crippen LogP contribution in [0.4, 0.5) is 4.79 Å². The lowest BCUT2D eigenvalue weighted by molar-refractivity contribution is 0.137. The molecule has 0 atom stereocenters. The summed E-state index contributed by atoms with van der Waals surface area (Å²) >= 11 is 0. The second kappa shape index (κ2) is 6.77. The van der Waals surface area contributed by atoms with Crippen LogP contribution in [0.5, 0.6) is 0 Å². The lowest BCUT2D eigenvalue weighted by Gasteiger charge is -2.15. The van der Waals surface area contributed by atoms with Gasteiger partial charge in [0.25, 0.3) is 5.56 Å². The molecule has 7 nitrogen and oxygen atoms in total. The third kappa shape index (κ3) is 3.97. The van der Waals surface area contributed by atoms with E-state index in [1.54, 1.807) is 0 Å². The second-order valence-corrected chi connectivity index (χ2v) is 4.33. The highest BCUT2D eigenvalue weighted by Gasteiger charge is 2.16. The van der Waals surface area contributed by atoms with Gasteiger partial charge in [0.15, 0.2) is 0 Å². The Morgan fingerprint density at radius 2 is 1.84 bits per heavy atom. The first-order valence-corrected chi connectivity index (χ1v) is 6.24. The largest absolute Gasteiger partial charge is 0.503 e. The molecule has 1 heterocycles. The molecule has 1 aromatic heterocycles. The van der Waals surface area contributed by atoms with Crippen molar-refractivity contribution in [2.75, 3.05) is 0 Å². The zero-order valence-electron chi connectivity index (χ0n) is 10.8. The highest BCUT2D eigenvalue weighted by molar-refractivity contribution is 5.53. The maximum Gasteiger partial charge on any atom is 0.503 e. The van der Waals surface area contributed by atoms with Gasteiger partial charge in [0, 0.05) is 17.8 Å². The smallest absolute Gasteiger partial charge is 0.450 e. The Morgan fingerprint density at radius 3 is 2.42 bits per heavy atom. The number of carboxylic acid groups (broad SMARTS) is 2. The maximum atomic E-state index is 12.0. The molecule has 0 aliphatic heterocycles. The Bertz CT molecular complexity index is 554. The molecule has 19 heavy (non-hydrogen) atoms. The molecule has 1 aliphatic rings. The van der Waals surface area contributed by atoms with Crippen LogP contribution in [-0.4, -0.2) is 25.9 Å².